The second-order valence-electron chi connectivity index (χ2n) is 12.7. The quantitative estimate of drug-likeness (QED) is 0.161. The Morgan fingerprint density at radius 2 is 1.40 bits per heavy atom. The SMILES string of the molecule is CN1C=C(CN2C(=O)C(c3cn(C)c4ccccc34)=C(c3cn(C4CCN(Cc5ccccn5)CC4)c4ccccc34)C2=O)N(C)S1. The van der Waals surface area contributed by atoms with Gasteiger partial charge in [0.1, 0.15) is 0 Å². The molecule has 3 aromatic heterocycles. The Balaban J connectivity index is 1.21. The van der Waals surface area contributed by atoms with Crippen molar-refractivity contribution in [1.29, 1.82) is 0 Å². The maximum absolute atomic E-state index is 14.6. The molecule has 0 aliphatic carbocycles. The van der Waals surface area contributed by atoms with E-state index >= 15 is 0 Å². The summed E-state index contributed by atoms with van der Waals surface area (Å²) < 4.78 is 8.38. The fourth-order valence-corrected chi connectivity index (χ4v) is 8.17. The van der Waals surface area contributed by atoms with Gasteiger partial charge in [-0.1, -0.05) is 42.5 Å². The first-order valence-corrected chi connectivity index (χ1v) is 16.8. The molecular weight excluding hydrogens is 607 g/mol. The van der Waals surface area contributed by atoms with E-state index in [1.807, 2.05) is 89.3 Å². The van der Waals surface area contributed by atoms with Gasteiger partial charge in [0.05, 0.1) is 41.2 Å². The second kappa shape index (κ2) is 11.8. The molecule has 0 N–H and O–H groups in total. The highest BCUT2D eigenvalue weighted by atomic mass is 32.2. The van der Waals surface area contributed by atoms with Crippen LogP contribution in [0.3, 0.4) is 0 Å². The summed E-state index contributed by atoms with van der Waals surface area (Å²) in [5.74, 6) is -0.505. The number of benzene rings is 2. The van der Waals surface area contributed by atoms with E-state index in [1.165, 1.54) is 17.0 Å². The Morgan fingerprint density at radius 1 is 0.766 bits per heavy atom. The van der Waals surface area contributed by atoms with Crippen LogP contribution < -0.4 is 0 Å². The van der Waals surface area contributed by atoms with Crippen molar-refractivity contribution in [3.8, 4) is 0 Å². The van der Waals surface area contributed by atoms with Crippen LogP contribution in [0.1, 0.15) is 35.7 Å². The molecule has 0 bridgehead atoms. The number of hydrogen-bond donors (Lipinski definition) is 0. The molecule has 0 atom stereocenters. The second-order valence-corrected chi connectivity index (χ2v) is 13.9. The molecule has 3 aliphatic heterocycles. The summed E-state index contributed by atoms with van der Waals surface area (Å²) in [6.45, 7) is 2.98. The summed E-state index contributed by atoms with van der Waals surface area (Å²) in [6.07, 6.45) is 9.95. The predicted molar refractivity (Wildman–Crippen MR) is 187 cm³/mol. The van der Waals surface area contributed by atoms with Gasteiger partial charge in [-0.3, -0.25) is 24.4 Å². The van der Waals surface area contributed by atoms with E-state index in [0.717, 1.165) is 76.8 Å². The highest BCUT2D eigenvalue weighted by molar-refractivity contribution is 7.95. The number of rotatable bonds is 7. The summed E-state index contributed by atoms with van der Waals surface area (Å²) in [7, 11) is 5.91. The summed E-state index contributed by atoms with van der Waals surface area (Å²) >= 11 is 1.53. The topological polar surface area (TPSA) is 69.8 Å². The van der Waals surface area contributed by atoms with Gasteiger partial charge in [0.15, 0.2) is 0 Å². The zero-order valence-electron chi connectivity index (χ0n) is 26.8. The maximum atomic E-state index is 14.6. The molecule has 10 heteroatoms. The monoisotopic (exact) mass is 643 g/mol. The number of pyridine rings is 1. The van der Waals surface area contributed by atoms with Crippen molar-refractivity contribution in [3.63, 3.8) is 0 Å². The van der Waals surface area contributed by atoms with Crippen molar-refractivity contribution in [1.82, 2.24) is 32.5 Å². The van der Waals surface area contributed by atoms with Crippen molar-refractivity contribution < 1.29 is 9.59 Å². The van der Waals surface area contributed by atoms with E-state index in [-0.39, 0.29) is 24.4 Å². The lowest BCUT2D eigenvalue weighted by atomic mass is 9.95. The number of imide groups is 1. The van der Waals surface area contributed by atoms with Crippen molar-refractivity contribution in [2.75, 3.05) is 33.7 Å². The molecule has 0 saturated carbocycles. The fourth-order valence-electron chi connectivity index (χ4n) is 7.41. The molecule has 9 nitrogen and oxygen atoms in total. The summed E-state index contributed by atoms with van der Waals surface area (Å²) in [6, 6.07) is 22.7. The average molecular weight is 644 g/mol. The van der Waals surface area contributed by atoms with Gasteiger partial charge in [-0.15, -0.1) is 0 Å². The molecule has 1 fully saturated rings. The Labute approximate surface area is 278 Å². The Hall–Kier alpha value is -4.80. The molecule has 0 radical (unpaired) electrons. The number of likely N-dealkylation sites (tertiary alicyclic amines) is 1. The molecule has 6 heterocycles. The summed E-state index contributed by atoms with van der Waals surface area (Å²) in [5.41, 5.74) is 6.66. The standard InChI is InChI=1S/C37H37N7O2S/c1-39-23-30(28-11-4-6-13-32(28)39)34-35(37(46)44(36(34)45)22-27-21-40(2)47-41(27)3)31-24-43(33-14-7-5-12-29(31)33)26-15-18-42(19-16-26)20-25-10-8-9-17-38-25/h4-14,17,21,23-24,26H,15-16,18-20,22H2,1-3H3. The van der Waals surface area contributed by atoms with Gasteiger partial charge in [0.2, 0.25) is 0 Å². The summed E-state index contributed by atoms with van der Waals surface area (Å²) in [4.78, 5) is 37.5. The lowest BCUT2D eigenvalue weighted by Crippen LogP contribution is -2.35. The lowest BCUT2D eigenvalue weighted by molar-refractivity contribution is -0.135. The normalized spacial score (nSPS) is 18.1. The van der Waals surface area contributed by atoms with Gasteiger partial charge < -0.3 is 17.7 Å². The molecular formula is C37H37N7O2S. The van der Waals surface area contributed by atoms with Crippen LogP contribution in [0.25, 0.3) is 33.0 Å². The van der Waals surface area contributed by atoms with Gasteiger partial charge in [-0.25, -0.2) is 0 Å². The zero-order chi connectivity index (χ0) is 32.2. The number of aromatic nitrogens is 3. The van der Waals surface area contributed by atoms with Crippen molar-refractivity contribution in [3.05, 3.63) is 114 Å². The van der Waals surface area contributed by atoms with E-state index in [1.54, 1.807) is 0 Å². The number of amides is 2. The van der Waals surface area contributed by atoms with Crippen LogP contribution in [0.4, 0.5) is 0 Å². The van der Waals surface area contributed by atoms with E-state index in [4.69, 9.17) is 0 Å². The highest BCUT2D eigenvalue weighted by Crippen LogP contribution is 2.43. The Bertz CT molecular complexity index is 2090. The number of carbonyl (C=O) groups excluding carboxylic acids is 2. The van der Waals surface area contributed by atoms with Crippen molar-refractivity contribution in [2.45, 2.75) is 25.4 Å². The number of nitrogens with zero attached hydrogens (tertiary/aromatic N) is 7. The van der Waals surface area contributed by atoms with E-state index in [9.17, 15) is 9.59 Å². The van der Waals surface area contributed by atoms with Crippen molar-refractivity contribution in [2.24, 2.45) is 7.05 Å². The number of aryl methyl sites for hydroxylation is 1. The van der Waals surface area contributed by atoms with Crippen LogP contribution in [-0.2, 0) is 23.2 Å². The fraction of sp³-hybridized carbons (Fsp3) is 0.270. The van der Waals surface area contributed by atoms with Gasteiger partial charge >= 0.3 is 0 Å². The van der Waals surface area contributed by atoms with E-state index < -0.39 is 0 Å². The molecule has 238 valence electrons. The lowest BCUT2D eigenvalue weighted by Gasteiger charge is -2.33. The zero-order valence-corrected chi connectivity index (χ0v) is 27.7. The number of para-hydroxylation sites is 2. The molecule has 5 aromatic rings. The molecule has 2 aromatic carbocycles. The third kappa shape index (κ3) is 5.12. The maximum Gasteiger partial charge on any atom is 0.262 e. The predicted octanol–water partition coefficient (Wildman–Crippen LogP) is 5.93. The number of fused-ring (bicyclic) bond motifs is 2. The van der Waals surface area contributed by atoms with Crippen LogP contribution in [0.2, 0.25) is 0 Å². The number of hydrogen-bond acceptors (Lipinski definition) is 7. The highest BCUT2D eigenvalue weighted by Gasteiger charge is 2.43. The molecule has 0 unspecified atom stereocenters. The molecule has 1 saturated heterocycles. The van der Waals surface area contributed by atoms with Crippen LogP contribution in [0.15, 0.2) is 97.2 Å². The Morgan fingerprint density at radius 3 is 2.06 bits per heavy atom. The first-order chi connectivity index (χ1) is 22.9. The van der Waals surface area contributed by atoms with Gasteiger partial charge in [-0.2, -0.15) is 0 Å². The number of carbonyl (C=O) groups is 2. The minimum atomic E-state index is -0.255. The molecule has 8 rings (SSSR count). The van der Waals surface area contributed by atoms with Crippen LogP contribution >= 0.6 is 12.1 Å². The first kappa shape index (κ1) is 29.6. The van der Waals surface area contributed by atoms with Crippen LogP contribution in [0.5, 0.6) is 0 Å². The van der Waals surface area contributed by atoms with Crippen LogP contribution in [0, 0.1) is 0 Å². The smallest absolute Gasteiger partial charge is 0.262 e. The molecule has 2 amide bonds. The van der Waals surface area contributed by atoms with Gasteiger partial charge in [0.25, 0.3) is 11.8 Å². The van der Waals surface area contributed by atoms with E-state index in [2.05, 4.69) is 51.0 Å². The molecule has 47 heavy (non-hydrogen) atoms. The number of piperidine rings is 1. The van der Waals surface area contributed by atoms with Crippen LogP contribution in [-0.4, -0.2) is 78.1 Å². The number of likely N-dealkylation sites (N-methyl/N-ethyl adjacent to an activating group) is 1. The minimum absolute atomic E-state index is 0.205. The van der Waals surface area contributed by atoms with Gasteiger partial charge in [-0.05, 0) is 37.1 Å². The average Bonchev–Trinajstić information content (AvgIpc) is 3.79. The van der Waals surface area contributed by atoms with E-state index in [0.29, 0.717) is 11.1 Å². The minimum Gasteiger partial charge on any atom is -0.350 e. The van der Waals surface area contributed by atoms with Gasteiger partial charge in [0, 0.05) is 105 Å². The molecule has 3 aliphatic rings. The molecule has 0 spiro atoms. The summed E-state index contributed by atoms with van der Waals surface area (Å²) in [5, 5.41) is 1.95. The third-order valence-electron chi connectivity index (χ3n) is 9.71. The largest absolute Gasteiger partial charge is 0.350 e. The third-order valence-corrected chi connectivity index (χ3v) is 10.6. The van der Waals surface area contributed by atoms with Crippen molar-refractivity contribution >= 4 is 56.9 Å². The Kier molecular flexibility index (Phi) is 7.41. The first-order valence-electron chi connectivity index (χ1n) is 16.1.